The number of amides is 1. The van der Waals surface area contributed by atoms with Crippen molar-refractivity contribution in [3.63, 3.8) is 0 Å². The van der Waals surface area contributed by atoms with Crippen LogP contribution in [0.3, 0.4) is 0 Å². The fraction of sp³-hybridized carbons (Fsp3) is 0.290. The first kappa shape index (κ1) is 29.2. The van der Waals surface area contributed by atoms with Crippen molar-refractivity contribution in [1.29, 1.82) is 0 Å². The van der Waals surface area contributed by atoms with E-state index < -0.39 is 21.7 Å². The number of hydrogen-bond acceptors (Lipinski definition) is 4. The second kappa shape index (κ2) is 11.7. The molecule has 9 heteroatoms. The standard InChI is InChI=1S/C31H35FN4O3S/c1-22(2)20-35(40(38,39)27-17-11-24(12-18-27)31(3,4)5)21-30(37)33-29-19-28(23-9-7-6-8-10-23)34-36(29)26-15-13-25(32)14-16-26/h6-19,22H,20-21H2,1-5H3,(H,33,37). The average molecular weight is 563 g/mol. The van der Waals surface area contributed by atoms with Crippen LogP contribution in [0, 0.1) is 11.7 Å². The zero-order chi connectivity index (χ0) is 29.1. The van der Waals surface area contributed by atoms with Gasteiger partial charge >= 0.3 is 0 Å². The first-order valence-electron chi connectivity index (χ1n) is 13.2. The van der Waals surface area contributed by atoms with Crippen LogP contribution >= 0.6 is 0 Å². The second-order valence-corrected chi connectivity index (χ2v) is 13.1. The van der Waals surface area contributed by atoms with Gasteiger partial charge in [0.15, 0.2) is 0 Å². The summed E-state index contributed by atoms with van der Waals surface area (Å²) in [6.07, 6.45) is 0. The molecule has 0 atom stereocenters. The largest absolute Gasteiger partial charge is 0.309 e. The van der Waals surface area contributed by atoms with Gasteiger partial charge in [-0.3, -0.25) is 4.79 Å². The van der Waals surface area contributed by atoms with Crippen LogP contribution in [0.2, 0.25) is 0 Å². The normalized spacial score (nSPS) is 12.2. The molecule has 1 amide bonds. The number of nitrogens with one attached hydrogen (secondary N) is 1. The first-order chi connectivity index (χ1) is 18.8. The summed E-state index contributed by atoms with van der Waals surface area (Å²) in [5, 5.41) is 7.46. The number of benzene rings is 3. The van der Waals surface area contributed by atoms with E-state index in [4.69, 9.17) is 0 Å². The zero-order valence-corrected chi connectivity index (χ0v) is 24.2. The molecule has 0 spiro atoms. The zero-order valence-electron chi connectivity index (χ0n) is 23.4. The first-order valence-corrected chi connectivity index (χ1v) is 14.6. The number of nitrogens with zero attached hydrogens (tertiary/aromatic N) is 3. The Bertz CT molecular complexity index is 1560. The average Bonchev–Trinajstić information content (AvgIpc) is 3.32. The lowest BCUT2D eigenvalue weighted by atomic mass is 9.87. The van der Waals surface area contributed by atoms with E-state index >= 15 is 0 Å². The third-order valence-corrected chi connectivity index (χ3v) is 8.19. The number of sulfonamides is 1. The highest BCUT2D eigenvalue weighted by Crippen LogP contribution is 2.27. The number of aromatic nitrogens is 2. The SMILES string of the molecule is CC(C)CN(CC(=O)Nc1cc(-c2ccccc2)nn1-c1ccc(F)cc1)S(=O)(=O)c1ccc(C(C)(C)C)cc1. The molecule has 0 saturated heterocycles. The smallest absolute Gasteiger partial charge is 0.243 e. The summed E-state index contributed by atoms with van der Waals surface area (Å²) < 4.78 is 43.5. The molecular formula is C31H35FN4O3S. The topological polar surface area (TPSA) is 84.3 Å². The van der Waals surface area contributed by atoms with Crippen LogP contribution in [0.15, 0.2) is 89.8 Å². The van der Waals surface area contributed by atoms with Gasteiger partial charge in [-0.1, -0.05) is 77.1 Å². The van der Waals surface area contributed by atoms with Gasteiger partial charge in [-0.15, -0.1) is 0 Å². The van der Waals surface area contributed by atoms with E-state index in [0.717, 1.165) is 11.1 Å². The summed E-state index contributed by atoms with van der Waals surface area (Å²) in [6, 6.07) is 23.7. The minimum absolute atomic E-state index is 0.00847. The highest BCUT2D eigenvalue weighted by atomic mass is 32.2. The maximum absolute atomic E-state index is 13.6. The Morgan fingerprint density at radius 2 is 1.60 bits per heavy atom. The molecule has 0 bridgehead atoms. The van der Waals surface area contributed by atoms with Crippen molar-refractivity contribution in [2.24, 2.45) is 5.92 Å². The van der Waals surface area contributed by atoms with E-state index in [0.29, 0.717) is 17.2 Å². The molecule has 0 aliphatic rings. The van der Waals surface area contributed by atoms with Crippen LogP contribution in [0.4, 0.5) is 10.2 Å². The summed E-state index contributed by atoms with van der Waals surface area (Å²) in [7, 11) is -3.94. The fourth-order valence-electron chi connectivity index (χ4n) is 4.27. The van der Waals surface area contributed by atoms with Crippen LogP contribution in [-0.2, 0) is 20.2 Å². The third-order valence-electron chi connectivity index (χ3n) is 6.36. The number of rotatable bonds is 9. The van der Waals surface area contributed by atoms with E-state index in [1.165, 1.54) is 21.1 Å². The van der Waals surface area contributed by atoms with Crippen molar-refractivity contribution in [2.75, 3.05) is 18.4 Å². The van der Waals surface area contributed by atoms with E-state index in [-0.39, 0.29) is 29.3 Å². The molecule has 0 aliphatic heterocycles. The number of anilines is 1. The lowest BCUT2D eigenvalue weighted by Gasteiger charge is -2.24. The van der Waals surface area contributed by atoms with Crippen LogP contribution < -0.4 is 5.32 Å². The lowest BCUT2D eigenvalue weighted by molar-refractivity contribution is -0.116. The summed E-state index contributed by atoms with van der Waals surface area (Å²) in [6.45, 7) is 9.78. The number of carbonyl (C=O) groups is 1. The van der Waals surface area contributed by atoms with Gasteiger partial charge in [0, 0.05) is 18.2 Å². The molecule has 4 rings (SSSR count). The summed E-state index contributed by atoms with van der Waals surface area (Å²) >= 11 is 0. The van der Waals surface area contributed by atoms with Gasteiger partial charge in [0.1, 0.15) is 11.6 Å². The monoisotopic (exact) mass is 562 g/mol. The van der Waals surface area contributed by atoms with Crippen LogP contribution in [0.1, 0.15) is 40.2 Å². The Hall–Kier alpha value is -3.82. The van der Waals surface area contributed by atoms with Crippen LogP contribution in [0.5, 0.6) is 0 Å². The molecule has 40 heavy (non-hydrogen) atoms. The maximum atomic E-state index is 13.6. The van der Waals surface area contributed by atoms with E-state index in [1.807, 2.05) is 56.3 Å². The fourth-order valence-corrected chi connectivity index (χ4v) is 5.83. The molecule has 0 radical (unpaired) electrons. The molecule has 210 valence electrons. The minimum atomic E-state index is -3.94. The molecule has 1 aromatic heterocycles. The van der Waals surface area contributed by atoms with Gasteiger partial charge < -0.3 is 5.32 Å². The Labute approximate surface area is 235 Å². The molecule has 0 unspecified atom stereocenters. The van der Waals surface area contributed by atoms with Crippen molar-refractivity contribution in [3.05, 3.63) is 96.3 Å². The second-order valence-electron chi connectivity index (χ2n) is 11.2. The van der Waals surface area contributed by atoms with Crippen molar-refractivity contribution in [2.45, 2.75) is 44.9 Å². The molecule has 0 aliphatic carbocycles. The summed E-state index contributed by atoms with van der Waals surface area (Å²) in [4.78, 5) is 13.5. The predicted molar refractivity (Wildman–Crippen MR) is 156 cm³/mol. The number of halogens is 1. The maximum Gasteiger partial charge on any atom is 0.243 e. The van der Waals surface area contributed by atoms with Gasteiger partial charge in [-0.25, -0.2) is 17.5 Å². The minimum Gasteiger partial charge on any atom is -0.309 e. The van der Waals surface area contributed by atoms with Crippen molar-refractivity contribution in [3.8, 4) is 16.9 Å². The summed E-state index contributed by atoms with van der Waals surface area (Å²) in [5.74, 6) is -0.578. The molecule has 7 nitrogen and oxygen atoms in total. The molecular weight excluding hydrogens is 527 g/mol. The van der Waals surface area contributed by atoms with Crippen LogP contribution in [0.25, 0.3) is 16.9 Å². The molecule has 1 N–H and O–H groups in total. The number of hydrogen-bond donors (Lipinski definition) is 1. The van der Waals surface area contributed by atoms with E-state index in [2.05, 4.69) is 31.2 Å². The summed E-state index contributed by atoms with van der Waals surface area (Å²) in [5.41, 5.74) is 2.88. The molecule has 1 heterocycles. The van der Waals surface area contributed by atoms with Gasteiger partial charge in [-0.05, 0) is 53.3 Å². The van der Waals surface area contributed by atoms with Gasteiger partial charge in [-0.2, -0.15) is 9.40 Å². The highest BCUT2D eigenvalue weighted by Gasteiger charge is 2.28. The Balaban J connectivity index is 1.63. The third kappa shape index (κ3) is 6.84. The van der Waals surface area contributed by atoms with Crippen LogP contribution in [-0.4, -0.2) is 41.5 Å². The highest BCUT2D eigenvalue weighted by molar-refractivity contribution is 7.89. The van der Waals surface area contributed by atoms with Crippen molar-refractivity contribution < 1.29 is 17.6 Å². The molecule has 0 saturated carbocycles. The Kier molecular flexibility index (Phi) is 8.56. The van der Waals surface area contributed by atoms with E-state index in [9.17, 15) is 17.6 Å². The number of carbonyl (C=O) groups excluding carboxylic acids is 1. The van der Waals surface area contributed by atoms with Gasteiger partial charge in [0.05, 0.1) is 22.8 Å². The van der Waals surface area contributed by atoms with Gasteiger partial charge in [0.2, 0.25) is 15.9 Å². The van der Waals surface area contributed by atoms with Gasteiger partial charge in [0.25, 0.3) is 0 Å². The lowest BCUT2D eigenvalue weighted by Crippen LogP contribution is -2.40. The molecule has 0 fully saturated rings. The Morgan fingerprint density at radius 1 is 0.975 bits per heavy atom. The predicted octanol–water partition coefficient (Wildman–Crippen LogP) is 6.26. The van der Waals surface area contributed by atoms with E-state index in [1.54, 1.807) is 30.3 Å². The Morgan fingerprint density at radius 3 is 2.17 bits per heavy atom. The molecule has 4 aromatic rings. The van der Waals surface area contributed by atoms with Crippen molar-refractivity contribution >= 4 is 21.7 Å². The molecule has 3 aromatic carbocycles. The quantitative estimate of drug-likeness (QED) is 0.261. The van der Waals surface area contributed by atoms with Crippen molar-refractivity contribution in [1.82, 2.24) is 14.1 Å².